The van der Waals surface area contributed by atoms with Crippen molar-refractivity contribution in [3.63, 3.8) is 0 Å². The predicted octanol–water partition coefficient (Wildman–Crippen LogP) is 5.29. The first kappa shape index (κ1) is 22.0. The second-order valence-corrected chi connectivity index (χ2v) is 7.92. The molecule has 6 heteroatoms. The fraction of sp³-hybridized carbons (Fsp3) is 0.346. The van der Waals surface area contributed by atoms with Crippen LogP contribution in [0.3, 0.4) is 0 Å². The second kappa shape index (κ2) is 10.4. The summed E-state index contributed by atoms with van der Waals surface area (Å²) in [6.07, 6.45) is 4.12. The normalized spacial score (nSPS) is 17.6. The molecule has 0 bridgehead atoms. The molecule has 32 heavy (non-hydrogen) atoms. The maximum absolute atomic E-state index is 12.0. The van der Waals surface area contributed by atoms with E-state index in [2.05, 4.69) is 0 Å². The summed E-state index contributed by atoms with van der Waals surface area (Å²) in [5.41, 5.74) is 1.99. The Morgan fingerprint density at radius 3 is 2.66 bits per heavy atom. The minimum Gasteiger partial charge on any atom is -0.490 e. The molecule has 3 aromatic rings. The van der Waals surface area contributed by atoms with Crippen molar-refractivity contribution in [2.24, 2.45) is 0 Å². The van der Waals surface area contributed by atoms with Crippen LogP contribution < -0.4 is 9.47 Å². The van der Waals surface area contributed by atoms with Gasteiger partial charge >= 0.3 is 5.97 Å². The van der Waals surface area contributed by atoms with Gasteiger partial charge in [0.2, 0.25) is 0 Å². The Morgan fingerprint density at radius 1 is 1.09 bits per heavy atom. The number of carboxylic acids is 1. The van der Waals surface area contributed by atoms with E-state index in [9.17, 15) is 9.90 Å². The molecule has 4 rings (SSSR count). The summed E-state index contributed by atoms with van der Waals surface area (Å²) >= 11 is 0. The van der Waals surface area contributed by atoms with Crippen LogP contribution in [0.4, 0.5) is 0 Å². The smallest absolute Gasteiger partial charge is 0.320 e. The number of carboxylic acid groups (broad SMARTS) is 1. The van der Waals surface area contributed by atoms with E-state index in [1.54, 1.807) is 6.26 Å². The zero-order chi connectivity index (χ0) is 22.3. The maximum atomic E-state index is 12.0. The van der Waals surface area contributed by atoms with Crippen LogP contribution in [-0.2, 0) is 11.4 Å². The third kappa shape index (κ3) is 4.97. The molecule has 0 spiro atoms. The zero-order valence-corrected chi connectivity index (χ0v) is 18.3. The van der Waals surface area contributed by atoms with Gasteiger partial charge in [0.15, 0.2) is 11.5 Å². The van der Waals surface area contributed by atoms with Crippen molar-refractivity contribution < 1.29 is 23.8 Å². The molecule has 1 fully saturated rings. The summed E-state index contributed by atoms with van der Waals surface area (Å²) in [7, 11) is 0. The first-order chi connectivity index (χ1) is 15.7. The Hall–Kier alpha value is -3.25. The molecule has 0 aliphatic carbocycles. The highest BCUT2D eigenvalue weighted by atomic mass is 16.5. The number of aliphatic carboxylic acids is 1. The Balaban J connectivity index is 1.66. The van der Waals surface area contributed by atoms with E-state index in [1.807, 2.05) is 72.5 Å². The molecule has 6 nitrogen and oxygen atoms in total. The summed E-state index contributed by atoms with van der Waals surface area (Å²) in [5.74, 6) is 1.22. The lowest BCUT2D eigenvalue weighted by Gasteiger charge is -2.38. The number of ether oxygens (including phenoxy) is 2. The molecule has 1 saturated heterocycles. The molecule has 0 saturated carbocycles. The van der Waals surface area contributed by atoms with Crippen LogP contribution in [0.2, 0.25) is 0 Å². The van der Waals surface area contributed by atoms with Crippen LogP contribution in [0, 0.1) is 0 Å². The van der Waals surface area contributed by atoms with E-state index in [1.165, 1.54) is 0 Å². The van der Waals surface area contributed by atoms with E-state index in [0.29, 0.717) is 37.7 Å². The van der Waals surface area contributed by atoms with E-state index in [-0.39, 0.29) is 6.04 Å². The Labute approximate surface area is 188 Å². The molecular formula is C26H29NO5. The van der Waals surface area contributed by atoms with Gasteiger partial charge in [-0.1, -0.05) is 42.8 Å². The molecule has 2 atom stereocenters. The Morgan fingerprint density at radius 2 is 1.94 bits per heavy atom. The number of furan rings is 1. The van der Waals surface area contributed by atoms with Crippen molar-refractivity contribution in [2.45, 2.75) is 44.9 Å². The number of hydrogen-bond donors (Lipinski definition) is 1. The number of rotatable bonds is 9. The SMILES string of the molecule is CCOc1cc(C(c2ccco2)N2CCCCC2C(=O)O)ccc1OCc1ccccc1. The highest BCUT2D eigenvalue weighted by Gasteiger charge is 2.36. The number of carbonyl (C=O) groups is 1. The quantitative estimate of drug-likeness (QED) is 0.493. The zero-order valence-electron chi connectivity index (χ0n) is 18.3. The van der Waals surface area contributed by atoms with Crippen molar-refractivity contribution >= 4 is 5.97 Å². The number of piperidine rings is 1. The Kier molecular flexibility index (Phi) is 7.12. The van der Waals surface area contributed by atoms with Crippen molar-refractivity contribution in [3.05, 3.63) is 83.8 Å². The molecule has 2 aromatic carbocycles. The monoisotopic (exact) mass is 435 g/mol. The molecule has 0 radical (unpaired) electrons. The molecular weight excluding hydrogens is 406 g/mol. The van der Waals surface area contributed by atoms with E-state index < -0.39 is 12.0 Å². The van der Waals surface area contributed by atoms with Gasteiger partial charge in [-0.2, -0.15) is 0 Å². The minimum atomic E-state index is -0.797. The van der Waals surface area contributed by atoms with E-state index in [4.69, 9.17) is 13.9 Å². The molecule has 1 aliphatic heterocycles. The summed E-state index contributed by atoms with van der Waals surface area (Å²) in [5, 5.41) is 9.85. The van der Waals surface area contributed by atoms with Gasteiger partial charge in [0.05, 0.1) is 18.9 Å². The van der Waals surface area contributed by atoms with E-state index in [0.717, 1.165) is 29.7 Å². The highest BCUT2D eigenvalue weighted by Crippen LogP contribution is 2.38. The second-order valence-electron chi connectivity index (χ2n) is 7.92. The van der Waals surface area contributed by atoms with Crippen molar-refractivity contribution in [1.82, 2.24) is 4.90 Å². The summed E-state index contributed by atoms with van der Waals surface area (Å²) in [4.78, 5) is 14.0. The van der Waals surface area contributed by atoms with Crippen LogP contribution in [0.15, 0.2) is 71.3 Å². The molecule has 1 N–H and O–H groups in total. The van der Waals surface area contributed by atoms with Crippen LogP contribution in [-0.4, -0.2) is 35.2 Å². The molecule has 2 unspecified atom stereocenters. The maximum Gasteiger partial charge on any atom is 0.320 e. The lowest BCUT2D eigenvalue weighted by molar-refractivity contribution is -0.145. The van der Waals surface area contributed by atoms with Gasteiger partial charge in [0, 0.05) is 6.54 Å². The third-order valence-electron chi connectivity index (χ3n) is 5.79. The average molecular weight is 436 g/mol. The molecule has 2 heterocycles. The molecule has 1 aromatic heterocycles. The third-order valence-corrected chi connectivity index (χ3v) is 5.79. The van der Waals surface area contributed by atoms with Gasteiger partial charge in [-0.05, 0) is 55.2 Å². The number of benzene rings is 2. The minimum absolute atomic E-state index is 0.311. The van der Waals surface area contributed by atoms with E-state index >= 15 is 0 Å². The van der Waals surface area contributed by atoms with Crippen molar-refractivity contribution in [1.29, 1.82) is 0 Å². The van der Waals surface area contributed by atoms with Crippen LogP contribution in [0.25, 0.3) is 0 Å². The van der Waals surface area contributed by atoms with Gasteiger partial charge < -0.3 is 19.0 Å². The summed E-state index contributed by atoms with van der Waals surface area (Å²) < 4.78 is 17.7. The molecule has 168 valence electrons. The van der Waals surface area contributed by atoms with Crippen molar-refractivity contribution in [3.8, 4) is 11.5 Å². The highest BCUT2D eigenvalue weighted by molar-refractivity contribution is 5.73. The number of likely N-dealkylation sites (tertiary alicyclic amines) is 1. The van der Waals surface area contributed by atoms with Gasteiger partial charge in [-0.15, -0.1) is 0 Å². The lowest BCUT2D eigenvalue weighted by Crippen LogP contribution is -2.46. The van der Waals surface area contributed by atoms with Crippen LogP contribution in [0.1, 0.15) is 49.1 Å². The fourth-order valence-corrected chi connectivity index (χ4v) is 4.31. The predicted molar refractivity (Wildman–Crippen MR) is 121 cm³/mol. The van der Waals surface area contributed by atoms with Gasteiger partial charge in [-0.3, -0.25) is 9.69 Å². The van der Waals surface area contributed by atoms with Gasteiger partial charge in [-0.25, -0.2) is 0 Å². The van der Waals surface area contributed by atoms with Crippen LogP contribution in [0.5, 0.6) is 11.5 Å². The first-order valence-corrected chi connectivity index (χ1v) is 11.1. The van der Waals surface area contributed by atoms with Gasteiger partial charge in [0.1, 0.15) is 18.4 Å². The largest absolute Gasteiger partial charge is 0.490 e. The lowest BCUT2D eigenvalue weighted by atomic mass is 9.94. The van der Waals surface area contributed by atoms with Gasteiger partial charge in [0.25, 0.3) is 0 Å². The first-order valence-electron chi connectivity index (χ1n) is 11.1. The topological polar surface area (TPSA) is 72.1 Å². The summed E-state index contributed by atoms with van der Waals surface area (Å²) in [6, 6.07) is 18.7. The standard InChI is InChI=1S/C26H29NO5/c1-2-30-24-17-20(13-14-22(24)32-18-19-9-4-3-5-10-19)25(23-12-8-16-31-23)27-15-7-6-11-21(27)26(28)29/h3-5,8-10,12-14,16-17,21,25H,2,6-7,11,15,18H2,1H3,(H,28,29). The Bertz CT molecular complexity index is 1000. The van der Waals surface area contributed by atoms with Crippen LogP contribution >= 0.6 is 0 Å². The number of hydrogen-bond acceptors (Lipinski definition) is 5. The molecule has 1 aliphatic rings. The number of nitrogens with zero attached hydrogens (tertiary/aromatic N) is 1. The van der Waals surface area contributed by atoms with Crippen molar-refractivity contribution in [2.75, 3.05) is 13.2 Å². The average Bonchev–Trinajstić information content (AvgIpc) is 3.34. The molecule has 0 amide bonds. The summed E-state index contributed by atoms with van der Waals surface area (Å²) in [6.45, 7) is 3.56. The fourth-order valence-electron chi connectivity index (χ4n) is 4.31.